The van der Waals surface area contributed by atoms with E-state index in [9.17, 15) is 18.5 Å². The van der Waals surface area contributed by atoms with Gasteiger partial charge in [0.05, 0.1) is 4.92 Å². The predicted molar refractivity (Wildman–Crippen MR) is 78.5 cm³/mol. The van der Waals surface area contributed by atoms with Crippen LogP contribution >= 0.6 is 0 Å². The maximum atomic E-state index is 12.8. The number of hydrogen-bond acceptors (Lipinski definition) is 5. The first-order valence-corrected chi connectivity index (χ1v) is 8.19. The van der Waals surface area contributed by atoms with Crippen LogP contribution in [0.4, 0.5) is 5.69 Å². The molecular weight excluding hydrogens is 294 g/mol. The Kier molecular flexibility index (Phi) is 4.31. The lowest BCUT2D eigenvalue weighted by molar-refractivity contribution is -0.388. The van der Waals surface area contributed by atoms with Crippen molar-refractivity contribution in [3.63, 3.8) is 0 Å². The van der Waals surface area contributed by atoms with Crippen LogP contribution in [0.15, 0.2) is 17.0 Å². The van der Waals surface area contributed by atoms with Crippen molar-refractivity contribution < 1.29 is 13.3 Å². The number of sulfonamides is 1. The topological polar surface area (TPSA) is 107 Å². The number of benzene rings is 1. The summed E-state index contributed by atoms with van der Waals surface area (Å²) in [4.78, 5) is 10.5. The zero-order chi connectivity index (χ0) is 15.8. The van der Waals surface area contributed by atoms with Gasteiger partial charge in [-0.25, -0.2) is 8.42 Å². The maximum Gasteiger partial charge on any atom is 0.292 e. The summed E-state index contributed by atoms with van der Waals surface area (Å²) < 4.78 is 26.9. The van der Waals surface area contributed by atoms with Crippen molar-refractivity contribution in [1.82, 2.24) is 4.31 Å². The molecule has 0 aromatic heterocycles. The summed E-state index contributed by atoms with van der Waals surface area (Å²) in [5.41, 5.74) is 6.21. The average Bonchev–Trinajstić information content (AvgIpc) is 2.40. The van der Waals surface area contributed by atoms with Crippen LogP contribution < -0.4 is 5.73 Å². The van der Waals surface area contributed by atoms with Crippen LogP contribution in [0.2, 0.25) is 0 Å². The minimum atomic E-state index is -3.91. The highest BCUT2D eigenvalue weighted by atomic mass is 32.2. The van der Waals surface area contributed by atoms with Crippen LogP contribution in [0, 0.1) is 24.0 Å². The Morgan fingerprint density at radius 1 is 1.33 bits per heavy atom. The molecule has 7 nitrogen and oxygen atoms in total. The summed E-state index contributed by atoms with van der Waals surface area (Å²) in [6.07, 6.45) is 1.43. The number of nitrogens with two attached hydrogens (primary N) is 1. The van der Waals surface area contributed by atoms with Crippen LogP contribution in [0.3, 0.4) is 0 Å². The molecule has 1 aromatic carbocycles. The molecule has 1 aliphatic heterocycles. The van der Waals surface area contributed by atoms with Crippen molar-refractivity contribution in [2.45, 2.75) is 37.6 Å². The van der Waals surface area contributed by atoms with Gasteiger partial charge in [0.1, 0.15) is 0 Å². The Morgan fingerprint density at radius 2 is 1.95 bits per heavy atom. The standard InChI is InChI=1S/C13H19N3O4S/c1-9-5-6-10(2)13(12(9)16(17)18)21(19,20)15-7-3-4-11(14)8-15/h5-6,11H,3-4,7-8,14H2,1-2H3. The lowest BCUT2D eigenvalue weighted by Crippen LogP contribution is -2.45. The molecule has 1 aliphatic rings. The van der Waals surface area contributed by atoms with E-state index in [0.29, 0.717) is 24.1 Å². The Labute approximate surface area is 123 Å². The second kappa shape index (κ2) is 5.70. The van der Waals surface area contributed by atoms with Gasteiger partial charge in [-0.05, 0) is 32.3 Å². The molecule has 1 saturated heterocycles. The third-order valence-electron chi connectivity index (χ3n) is 3.73. The van der Waals surface area contributed by atoms with Gasteiger partial charge >= 0.3 is 0 Å². The first kappa shape index (κ1) is 15.9. The number of nitro benzene ring substituents is 1. The Hall–Kier alpha value is -1.51. The van der Waals surface area contributed by atoms with E-state index in [1.54, 1.807) is 26.0 Å². The summed E-state index contributed by atoms with van der Waals surface area (Å²) in [5.74, 6) is 0. The van der Waals surface area contributed by atoms with Gasteiger partial charge < -0.3 is 5.73 Å². The molecule has 1 atom stereocenters. The van der Waals surface area contributed by atoms with Gasteiger partial charge in [0, 0.05) is 24.7 Å². The van der Waals surface area contributed by atoms with Crippen LogP contribution in [0.5, 0.6) is 0 Å². The van der Waals surface area contributed by atoms with E-state index in [1.165, 1.54) is 4.31 Å². The van der Waals surface area contributed by atoms with Crippen molar-refractivity contribution in [1.29, 1.82) is 0 Å². The molecule has 2 rings (SSSR count). The van der Waals surface area contributed by atoms with Crippen molar-refractivity contribution in [3.05, 3.63) is 33.4 Å². The fourth-order valence-corrected chi connectivity index (χ4v) is 4.61. The monoisotopic (exact) mass is 313 g/mol. The van der Waals surface area contributed by atoms with E-state index in [0.717, 1.165) is 6.42 Å². The largest absolute Gasteiger partial charge is 0.327 e. The van der Waals surface area contributed by atoms with Gasteiger partial charge in [-0.1, -0.05) is 12.1 Å². The molecule has 1 unspecified atom stereocenters. The van der Waals surface area contributed by atoms with Crippen LogP contribution in [-0.2, 0) is 10.0 Å². The minimum Gasteiger partial charge on any atom is -0.327 e. The summed E-state index contributed by atoms with van der Waals surface area (Å²) in [6, 6.07) is 2.94. The first-order valence-electron chi connectivity index (χ1n) is 6.75. The molecule has 1 aromatic rings. The first-order chi connectivity index (χ1) is 9.75. The average molecular weight is 313 g/mol. The van der Waals surface area contributed by atoms with Gasteiger partial charge in [-0.15, -0.1) is 0 Å². The number of nitrogens with zero attached hydrogens (tertiary/aromatic N) is 2. The summed E-state index contributed by atoms with van der Waals surface area (Å²) in [6.45, 7) is 3.66. The molecule has 116 valence electrons. The zero-order valence-corrected chi connectivity index (χ0v) is 12.9. The van der Waals surface area contributed by atoms with E-state index in [2.05, 4.69) is 0 Å². The third kappa shape index (κ3) is 2.92. The molecule has 1 heterocycles. The van der Waals surface area contributed by atoms with E-state index in [-0.39, 0.29) is 23.2 Å². The van der Waals surface area contributed by atoms with Gasteiger partial charge in [-0.2, -0.15) is 4.31 Å². The number of piperidine rings is 1. The number of hydrogen-bond donors (Lipinski definition) is 1. The summed E-state index contributed by atoms with van der Waals surface area (Å²) in [7, 11) is -3.91. The van der Waals surface area contributed by atoms with E-state index in [4.69, 9.17) is 5.73 Å². The molecule has 8 heteroatoms. The Morgan fingerprint density at radius 3 is 2.52 bits per heavy atom. The normalized spacial score (nSPS) is 20.4. The third-order valence-corrected chi connectivity index (χ3v) is 5.77. The second-order valence-corrected chi connectivity index (χ2v) is 7.27. The Bertz CT molecular complexity index is 672. The lowest BCUT2D eigenvalue weighted by Gasteiger charge is -2.30. The molecule has 0 amide bonds. The SMILES string of the molecule is Cc1ccc(C)c(S(=O)(=O)N2CCCC(N)C2)c1[N+](=O)[O-]. The van der Waals surface area contributed by atoms with Crippen LogP contribution in [-0.4, -0.2) is 36.8 Å². The highest BCUT2D eigenvalue weighted by Crippen LogP contribution is 2.33. The fourth-order valence-electron chi connectivity index (χ4n) is 2.64. The van der Waals surface area contributed by atoms with Crippen molar-refractivity contribution >= 4 is 15.7 Å². The molecule has 2 N–H and O–H groups in total. The second-order valence-electron chi connectivity index (χ2n) is 5.40. The van der Waals surface area contributed by atoms with Gasteiger partial charge in [0.2, 0.25) is 10.0 Å². The molecule has 1 fully saturated rings. The quantitative estimate of drug-likeness (QED) is 0.669. The molecule has 21 heavy (non-hydrogen) atoms. The molecule has 0 aliphatic carbocycles. The van der Waals surface area contributed by atoms with Crippen molar-refractivity contribution in [2.75, 3.05) is 13.1 Å². The van der Waals surface area contributed by atoms with Crippen molar-refractivity contribution in [3.8, 4) is 0 Å². The fraction of sp³-hybridized carbons (Fsp3) is 0.538. The van der Waals surface area contributed by atoms with Crippen LogP contribution in [0.1, 0.15) is 24.0 Å². The van der Waals surface area contributed by atoms with E-state index in [1.807, 2.05) is 0 Å². The van der Waals surface area contributed by atoms with E-state index >= 15 is 0 Å². The molecule has 0 bridgehead atoms. The zero-order valence-electron chi connectivity index (χ0n) is 12.1. The Balaban J connectivity index is 2.59. The number of aryl methyl sites for hydroxylation is 2. The minimum absolute atomic E-state index is 0.201. The molecule has 0 radical (unpaired) electrons. The van der Waals surface area contributed by atoms with E-state index < -0.39 is 14.9 Å². The maximum absolute atomic E-state index is 12.8. The summed E-state index contributed by atoms with van der Waals surface area (Å²) in [5, 5.41) is 11.3. The smallest absolute Gasteiger partial charge is 0.292 e. The van der Waals surface area contributed by atoms with Gasteiger partial charge in [-0.3, -0.25) is 10.1 Å². The van der Waals surface area contributed by atoms with Gasteiger partial charge in [0.25, 0.3) is 5.69 Å². The lowest BCUT2D eigenvalue weighted by atomic mass is 10.1. The highest BCUT2D eigenvalue weighted by molar-refractivity contribution is 7.89. The molecule has 0 saturated carbocycles. The molecule has 0 spiro atoms. The molecular formula is C13H19N3O4S. The summed E-state index contributed by atoms with van der Waals surface area (Å²) >= 11 is 0. The predicted octanol–water partition coefficient (Wildman–Crippen LogP) is 1.32. The number of rotatable bonds is 3. The highest BCUT2D eigenvalue weighted by Gasteiger charge is 2.36. The van der Waals surface area contributed by atoms with Crippen LogP contribution in [0.25, 0.3) is 0 Å². The van der Waals surface area contributed by atoms with Crippen molar-refractivity contribution in [2.24, 2.45) is 5.73 Å². The van der Waals surface area contributed by atoms with Gasteiger partial charge in [0.15, 0.2) is 4.90 Å². The number of nitro groups is 1.